The van der Waals surface area contributed by atoms with Gasteiger partial charge in [0.2, 0.25) is 0 Å². The Labute approximate surface area is 126 Å². The summed E-state index contributed by atoms with van der Waals surface area (Å²) < 4.78 is 29.6. The van der Waals surface area contributed by atoms with Crippen LogP contribution in [0.2, 0.25) is 0 Å². The number of rotatable bonds is 2. The number of hydrogen-bond donors (Lipinski definition) is 2. The normalized spacial score (nSPS) is 9.44. The smallest absolute Gasteiger partial charge is 1.00 e. The monoisotopic (exact) mass is 287 g/mol. The van der Waals surface area contributed by atoms with Crippen LogP contribution in [0.15, 0.2) is 29.2 Å². The molecule has 0 fully saturated rings. The van der Waals surface area contributed by atoms with Gasteiger partial charge in [0.15, 0.2) is 0 Å². The maximum atomic E-state index is 10.5. The molecular formula is C8H10NNaO7S. The van der Waals surface area contributed by atoms with Crippen molar-refractivity contribution >= 4 is 21.8 Å². The summed E-state index contributed by atoms with van der Waals surface area (Å²) >= 11 is 0. The van der Waals surface area contributed by atoms with Gasteiger partial charge in [-0.05, 0) is 6.07 Å². The maximum Gasteiger partial charge on any atom is 1.00 e. The zero-order chi connectivity index (χ0) is 13.6. The van der Waals surface area contributed by atoms with Gasteiger partial charge in [-0.15, -0.1) is 0 Å². The van der Waals surface area contributed by atoms with Crippen molar-refractivity contribution in [3.05, 3.63) is 34.4 Å². The summed E-state index contributed by atoms with van der Waals surface area (Å²) in [5, 5.41) is 17.6. The van der Waals surface area contributed by atoms with Crippen LogP contribution < -0.4 is 29.6 Å². The van der Waals surface area contributed by atoms with Crippen LogP contribution in [0.25, 0.3) is 0 Å². The summed E-state index contributed by atoms with van der Waals surface area (Å²) in [6.45, 7) is 1.08. The van der Waals surface area contributed by atoms with Crippen molar-refractivity contribution in [1.29, 1.82) is 0 Å². The molecule has 10 heteroatoms. The van der Waals surface area contributed by atoms with Gasteiger partial charge in [-0.25, -0.2) is 0 Å². The van der Waals surface area contributed by atoms with Crippen LogP contribution in [0.3, 0.4) is 0 Å². The molecule has 0 saturated carbocycles. The van der Waals surface area contributed by atoms with Gasteiger partial charge >= 0.3 is 29.6 Å². The molecule has 0 unspecified atom stereocenters. The summed E-state index contributed by atoms with van der Waals surface area (Å²) in [7, 11) is -4.36. The molecule has 18 heavy (non-hydrogen) atoms. The van der Waals surface area contributed by atoms with Crippen molar-refractivity contribution < 1.29 is 58.8 Å². The first-order valence-electron chi connectivity index (χ1n) is 4.06. The molecule has 96 valence electrons. The van der Waals surface area contributed by atoms with Crippen LogP contribution in [-0.2, 0) is 14.9 Å². The van der Waals surface area contributed by atoms with E-state index in [2.05, 4.69) is 0 Å². The molecule has 0 saturated heterocycles. The Kier molecular flexibility index (Phi) is 8.77. The average molecular weight is 287 g/mol. The average Bonchev–Trinajstić information content (AvgIpc) is 2.15. The van der Waals surface area contributed by atoms with Crippen LogP contribution in [0.4, 0.5) is 5.69 Å². The molecule has 0 heterocycles. The molecule has 0 atom stereocenters. The van der Waals surface area contributed by atoms with Gasteiger partial charge in [-0.3, -0.25) is 19.5 Å². The second-order valence-electron chi connectivity index (χ2n) is 2.75. The Morgan fingerprint density at radius 1 is 1.44 bits per heavy atom. The standard InChI is InChI=1S/C6H5NO5S.C2H4O2.Na.H/c8-7(9)5-2-1-3-6(4-5)13(10,11)12;1-2(3)4;;/h1-4H,(H,10,11,12);1H3,(H,3,4);;/q;;+1;-1. The van der Waals surface area contributed by atoms with E-state index in [1.165, 1.54) is 6.07 Å². The van der Waals surface area contributed by atoms with Gasteiger partial charge in [0.25, 0.3) is 21.8 Å². The van der Waals surface area contributed by atoms with E-state index in [-0.39, 0.29) is 36.7 Å². The van der Waals surface area contributed by atoms with E-state index in [0.717, 1.165) is 25.1 Å². The van der Waals surface area contributed by atoms with Gasteiger partial charge in [0.1, 0.15) is 4.90 Å². The summed E-state index contributed by atoms with van der Waals surface area (Å²) in [5.74, 6) is -0.833. The number of aliphatic carboxylic acids is 1. The summed E-state index contributed by atoms with van der Waals surface area (Å²) in [5.41, 5.74) is -0.380. The number of non-ortho nitro benzene ring substituents is 1. The van der Waals surface area contributed by atoms with Gasteiger partial charge in [0, 0.05) is 19.1 Å². The van der Waals surface area contributed by atoms with E-state index < -0.39 is 25.9 Å². The van der Waals surface area contributed by atoms with Crippen LogP contribution in [-0.4, -0.2) is 29.0 Å². The van der Waals surface area contributed by atoms with E-state index in [1.807, 2.05) is 0 Å². The minimum atomic E-state index is -4.36. The second-order valence-corrected chi connectivity index (χ2v) is 4.17. The van der Waals surface area contributed by atoms with Crippen molar-refractivity contribution in [3.8, 4) is 0 Å². The van der Waals surface area contributed by atoms with Crippen molar-refractivity contribution in [2.45, 2.75) is 11.8 Å². The largest absolute Gasteiger partial charge is 1.00 e. The Bertz CT molecular complexity index is 530. The molecule has 0 aliphatic carbocycles. The molecule has 2 N–H and O–H groups in total. The Balaban J connectivity index is -0.000000379. The zero-order valence-corrected chi connectivity index (χ0v) is 12.4. The third-order valence-electron chi connectivity index (χ3n) is 1.33. The van der Waals surface area contributed by atoms with Crippen molar-refractivity contribution in [2.24, 2.45) is 0 Å². The van der Waals surface area contributed by atoms with Gasteiger partial charge in [-0.1, -0.05) is 6.07 Å². The number of nitro groups is 1. The fraction of sp³-hybridized carbons (Fsp3) is 0.125. The van der Waals surface area contributed by atoms with Crippen LogP contribution in [0.5, 0.6) is 0 Å². The zero-order valence-electron chi connectivity index (χ0n) is 10.6. The quantitative estimate of drug-likeness (QED) is 0.279. The van der Waals surface area contributed by atoms with E-state index in [4.69, 9.17) is 14.5 Å². The molecule has 8 nitrogen and oxygen atoms in total. The molecule has 1 rings (SSSR count). The first-order valence-corrected chi connectivity index (χ1v) is 5.50. The van der Waals surface area contributed by atoms with E-state index in [0.29, 0.717) is 0 Å². The molecule has 0 spiro atoms. The van der Waals surface area contributed by atoms with Crippen LogP contribution in [0.1, 0.15) is 8.35 Å². The molecule has 0 amide bonds. The third-order valence-corrected chi connectivity index (χ3v) is 2.18. The maximum absolute atomic E-state index is 10.5. The molecular weight excluding hydrogens is 277 g/mol. The summed E-state index contributed by atoms with van der Waals surface area (Å²) in [6.07, 6.45) is 0. The topological polar surface area (TPSA) is 135 Å². The van der Waals surface area contributed by atoms with E-state index in [9.17, 15) is 18.5 Å². The van der Waals surface area contributed by atoms with Gasteiger partial charge in [-0.2, -0.15) is 8.42 Å². The first-order chi connectivity index (χ1) is 7.64. The number of benzene rings is 1. The number of carboxylic acid groups (broad SMARTS) is 1. The number of hydrogen-bond acceptors (Lipinski definition) is 5. The van der Waals surface area contributed by atoms with Crippen LogP contribution in [0, 0.1) is 10.1 Å². The molecule has 1 aromatic carbocycles. The minimum Gasteiger partial charge on any atom is -1.00 e. The fourth-order valence-corrected chi connectivity index (χ4v) is 1.28. The van der Waals surface area contributed by atoms with Crippen molar-refractivity contribution in [3.63, 3.8) is 0 Å². The minimum absolute atomic E-state index is 0. The number of nitrogens with zero attached hydrogens (tertiary/aromatic N) is 1. The third kappa shape index (κ3) is 8.14. The van der Waals surface area contributed by atoms with Gasteiger partial charge < -0.3 is 6.53 Å². The Hall–Kier alpha value is -1.000. The first kappa shape index (κ1) is 19.3. The summed E-state index contributed by atoms with van der Waals surface area (Å²) in [4.78, 5) is 18.0. The van der Waals surface area contributed by atoms with Crippen molar-refractivity contribution in [2.75, 3.05) is 0 Å². The molecule has 0 aliphatic rings. The summed E-state index contributed by atoms with van der Waals surface area (Å²) in [6, 6.07) is 4.17. The second kappa shape index (κ2) is 8.16. The molecule has 1 aromatic rings. The van der Waals surface area contributed by atoms with E-state index in [1.54, 1.807) is 0 Å². The predicted molar refractivity (Wildman–Crippen MR) is 57.3 cm³/mol. The number of nitro benzene ring substituents is 1. The molecule has 0 aliphatic heterocycles. The fourth-order valence-electron chi connectivity index (χ4n) is 0.758. The predicted octanol–water partition coefficient (Wildman–Crippen LogP) is -1.95. The van der Waals surface area contributed by atoms with Crippen molar-refractivity contribution in [1.82, 2.24) is 0 Å². The Morgan fingerprint density at radius 2 is 1.89 bits per heavy atom. The Morgan fingerprint density at radius 3 is 2.22 bits per heavy atom. The van der Waals surface area contributed by atoms with E-state index >= 15 is 0 Å². The van der Waals surface area contributed by atoms with Crippen LogP contribution >= 0.6 is 0 Å². The molecule has 0 aromatic heterocycles. The number of carboxylic acids is 1. The molecule has 0 bridgehead atoms. The van der Waals surface area contributed by atoms with Gasteiger partial charge in [0.05, 0.1) is 4.92 Å². The number of carbonyl (C=O) groups is 1. The molecule has 0 radical (unpaired) electrons. The SMILES string of the molecule is CC(=O)O.O=[N+]([O-])c1cccc(S(=O)(=O)O)c1.[H-].[Na+].